The number of hydrogen-bond acceptors (Lipinski definition) is 6. The number of rotatable bonds is 6. The topological polar surface area (TPSA) is 68.7 Å². The van der Waals surface area contributed by atoms with E-state index in [1.54, 1.807) is 18.3 Å². The summed E-state index contributed by atoms with van der Waals surface area (Å²) in [6.07, 6.45) is 3.71. The second-order valence-electron chi connectivity index (χ2n) is 5.91. The highest BCUT2D eigenvalue weighted by Crippen LogP contribution is 2.23. The van der Waals surface area contributed by atoms with E-state index < -0.39 is 24.2 Å². The van der Waals surface area contributed by atoms with E-state index in [-0.39, 0.29) is 11.3 Å². The quantitative estimate of drug-likeness (QED) is 0.584. The Bertz CT molecular complexity index is 819. The Morgan fingerprint density at radius 3 is 2.69 bits per heavy atom. The molecule has 1 aromatic carbocycles. The lowest BCUT2D eigenvalue weighted by Gasteiger charge is -2.18. The van der Waals surface area contributed by atoms with Gasteiger partial charge >= 0.3 is 5.97 Å². The van der Waals surface area contributed by atoms with Gasteiger partial charge in [-0.15, -0.1) is 0 Å². The molecule has 0 unspecified atom stereocenters. The first-order valence-electron chi connectivity index (χ1n) is 8.34. The van der Waals surface area contributed by atoms with E-state index >= 15 is 0 Å². The molecular weight excluding hydrogens is 339 g/mol. The van der Waals surface area contributed by atoms with Crippen molar-refractivity contribution in [1.29, 1.82) is 0 Å². The van der Waals surface area contributed by atoms with Crippen LogP contribution in [0.25, 0.3) is 0 Å². The summed E-state index contributed by atoms with van der Waals surface area (Å²) in [7, 11) is 1.38. The molecule has 1 saturated heterocycles. The van der Waals surface area contributed by atoms with Gasteiger partial charge in [-0.2, -0.15) is 0 Å². The summed E-state index contributed by atoms with van der Waals surface area (Å²) in [4.78, 5) is 31.0. The van der Waals surface area contributed by atoms with Gasteiger partial charge in [-0.3, -0.25) is 4.79 Å². The zero-order valence-electron chi connectivity index (χ0n) is 14.4. The van der Waals surface area contributed by atoms with E-state index in [9.17, 15) is 14.0 Å². The third-order valence-electron chi connectivity index (χ3n) is 4.21. The summed E-state index contributed by atoms with van der Waals surface area (Å²) in [6.45, 7) is 1.15. The number of Topliss-reactive ketones (excluding diaryl/α,β-unsaturated/α-hetero) is 1. The normalized spacial score (nSPS) is 13.5. The van der Waals surface area contributed by atoms with Crippen molar-refractivity contribution in [3.05, 3.63) is 53.5 Å². The molecule has 3 rings (SSSR count). The molecular formula is C19H19FN2O4. The van der Waals surface area contributed by atoms with Crippen molar-refractivity contribution in [2.24, 2.45) is 0 Å². The summed E-state index contributed by atoms with van der Waals surface area (Å²) < 4.78 is 23.6. The first-order chi connectivity index (χ1) is 12.6. The van der Waals surface area contributed by atoms with E-state index in [1.165, 1.54) is 19.2 Å². The van der Waals surface area contributed by atoms with Gasteiger partial charge in [0.05, 0.1) is 12.7 Å². The molecule has 1 aromatic heterocycles. The van der Waals surface area contributed by atoms with Crippen LogP contribution in [0.15, 0.2) is 36.5 Å². The van der Waals surface area contributed by atoms with E-state index in [4.69, 9.17) is 9.47 Å². The number of pyridine rings is 1. The fourth-order valence-corrected chi connectivity index (χ4v) is 2.92. The van der Waals surface area contributed by atoms with E-state index in [2.05, 4.69) is 4.98 Å². The monoisotopic (exact) mass is 358 g/mol. The van der Waals surface area contributed by atoms with Crippen molar-refractivity contribution in [2.45, 2.75) is 12.8 Å². The molecule has 1 fully saturated rings. The number of benzene rings is 1. The fraction of sp³-hybridized carbons (Fsp3) is 0.316. The van der Waals surface area contributed by atoms with Crippen molar-refractivity contribution >= 4 is 17.6 Å². The molecule has 26 heavy (non-hydrogen) atoms. The van der Waals surface area contributed by atoms with Gasteiger partial charge < -0.3 is 14.4 Å². The molecule has 1 aliphatic heterocycles. The number of halogens is 1. The van der Waals surface area contributed by atoms with Crippen molar-refractivity contribution in [1.82, 2.24) is 4.98 Å². The summed E-state index contributed by atoms with van der Waals surface area (Å²) in [5.41, 5.74) is 0.347. The van der Waals surface area contributed by atoms with Crippen molar-refractivity contribution in [3.63, 3.8) is 0 Å². The maximum absolute atomic E-state index is 13.4. The average molecular weight is 358 g/mol. The molecule has 2 aromatic rings. The molecule has 0 spiro atoms. The van der Waals surface area contributed by atoms with Gasteiger partial charge in [0, 0.05) is 19.3 Å². The number of aromatic nitrogens is 1. The van der Waals surface area contributed by atoms with Crippen LogP contribution in [0.1, 0.15) is 33.6 Å². The number of esters is 1. The van der Waals surface area contributed by atoms with Crippen LogP contribution in [0, 0.1) is 5.82 Å². The Labute approximate surface area is 150 Å². The van der Waals surface area contributed by atoms with E-state index in [0.717, 1.165) is 32.0 Å². The van der Waals surface area contributed by atoms with Crippen LogP contribution in [-0.2, 0) is 4.74 Å². The Morgan fingerprint density at radius 1 is 1.19 bits per heavy atom. The van der Waals surface area contributed by atoms with Crippen LogP contribution in [-0.4, -0.2) is 43.5 Å². The molecule has 0 amide bonds. The lowest BCUT2D eigenvalue weighted by atomic mass is 10.1. The lowest BCUT2D eigenvalue weighted by molar-refractivity contribution is 0.0474. The number of methoxy groups -OCH3 is 1. The third-order valence-corrected chi connectivity index (χ3v) is 4.21. The molecule has 0 N–H and O–H groups in total. The maximum Gasteiger partial charge on any atom is 0.342 e. The van der Waals surface area contributed by atoms with Crippen molar-refractivity contribution in [2.75, 3.05) is 31.7 Å². The predicted octanol–water partition coefficient (Wildman–Crippen LogP) is 2.87. The minimum atomic E-state index is -0.635. The Kier molecular flexibility index (Phi) is 5.46. The highest BCUT2D eigenvalue weighted by atomic mass is 19.1. The van der Waals surface area contributed by atoms with Gasteiger partial charge in [0.2, 0.25) is 5.78 Å². The molecule has 0 aliphatic carbocycles. The second kappa shape index (κ2) is 7.95. The lowest BCUT2D eigenvalue weighted by Crippen LogP contribution is -2.23. The van der Waals surface area contributed by atoms with Gasteiger partial charge in [-0.25, -0.2) is 14.2 Å². The SMILES string of the molecule is COc1ccc(F)cc1C(=O)COC(=O)c1cccnc1N1CCCC1. The van der Waals surface area contributed by atoms with Gasteiger partial charge in [-0.05, 0) is 43.2 Å². The van der Waals surface area contributed by atoms with Crippen LogP contribution in [0.4, 0.5) is 10.2 Å². The van der Waals surface area contributed by atoms with Crippen LogP contribution < -0.4 is 9.64 Å². The first-order valence-corrected chi connectivity index (χ1v) is 8.34. The minimum absolute atomic E-state index is 0.0336. The van der Waals surface area contributed by atoms with Crippen LogP contribution in [0.2, 0.25) is 0 Å². The molecule has 0 atom stereocenters. The molecule has 0 saturated carbocycles. The maximum atomic E-state index is 13.4. The average Bonchev–Trinajstić information content (AvgIpc) is 3.20. The van der Waals surface area contributed by atoms with Crippen LogP contribution in [0.5, 0.6) is 5.75 Å². The molecule has 6 nitrogen and oxygen atoms in total. The Hall–Kier alpha value is -2.96. The molecule has 2 heterocycles. The minimum Gasteiger partial charge on any atom is -0.496 e. The smallest absolute Gasteiger partial charge is 0.342 e. The number of carbonyl (C=O) groups is 2. The predicted molar refractivity (Wildman–Crippen MR) is 93.2 cm³/mol. The zero-order chi connectivity index (χ0) is 18.5. The summed E-state index contributed by atoms with van der Waals surface area (Å²) in [6, 6.07) is 6.88. The molecule has 0 bridgehead atoms. The number of hydrogen-bond donors (Lipinski definition) is 0. The molecule has 0 radical (unpaired) electrons. The molecule has 1 aliphatic rings. The number of nitrogens with zero attached hydrogens (tertiary/aromatic N) is 2. The number of anilines is 1. The molecule has 136 valence electrons. The van der Waals surface area contributed by atoms with Gasteiger partial charge in [0.25, 0.3) is 0 Å². The Morgan fingerprint density at radius 2 is 1.96 bits per heavy atom. The van der Waals surface area contributed by atoms with Crippen molar-refractivity contribution < 1.29 is 23.5 Å². The Balaban J connectivity index is 1.72. The van der Waals surface area contributed by atoms with Crippen LogP contribution >= 0.6 is 0 Å². The van der Waals surface area contributed by atoms with E-state index in [1.807, 2.05) is 4.90 Å². The zero-order valence-corrected chi connectivity index (χ0v) is 14.4. The molecule has 7 heteroatoms. The fourth-order valence-electron chi connectivity index (χ4n) is 2.92. The summed E-state index contributed by atoms with van der Waals surface area (Å²) >= 11 is 0. The van der Waals surface area contributed by atoms with Gasteiger partial charge in [0.15, 0.2) is 6.61 Å². The van der Waals surface area contributed by atoms with Crippen molar-refractivity contribution in [3.8, 4) is 5.75 Å². The highest BCUT2D eigenvalue weighted by Gasteiger charge is 2.23. The number of carbonyl (C=O) groups excluding carboxylic acids is 2. The summed E-state index contributed by atoms with van der Waals surface area (Å²) in [5, 5.41) is 0. The highest BCUT2D eigenvalue weighted by molar-refractivity contribution is 6.02. The standard InChI is InChI=1S/C19H19FN2O4/c1-25-17-7-6-13(20)11-15(17)16(23)12-26-19(24)14-5-4-8-21-18(14)22-9-2-3-10-22/h4-8,11H,2-3,9-10,12H2,1H3. The summed E-state index contributed by atoms with van der Waals surface area (Å²) in [5.74, 6) is -0.952. The van der Waals surface area contributed by atoms with Gasteiger partial charge in [-0.1, -0.05) is 0 Å². The third kappa shape index (κ3) is 3.82. The van der Waals surface area contributed by atoms with E-state index in [0.29, 0.717) is 11.4 Å². The van der Waals surface area contributed by atoms with Crippen LogP contribution in [0.3, 0.4) is 0 Å². The number of ketones is 1. The number of ether oxygens (including phenoxy) is 2. The second-order valence-corrected chi connectivity index (χ2v) is 5.91. The largest absolute Gasteiger partial charge is 0.496 e. The van der Waals surface area contributed by atoms with Gasteiger partial charge in [0.1, 0.15) is 22.9 Å². The first kappa shape index (κ1) is 17.8.